The number of likely N-dealkylation sites (N-methyl/N-ethyl adjacent to an activating group) is 1. The van der Waals surface area contributed by atoms with Crippen LogP contribution in [0.25, 0.3) is 0 Å². The van der Waals surface area contributed by atoms with Crippen molar-refractivity contribution in [2.24, 2.45) is 0 Å². The molecule has 0 radical (unpaired) electrons. The minimum atomic E-state index is -0.995. The van der Waals surface area contributed by atoms with Gasteiger partial charge in [-0.1, -0.05) is 30.3 Å². The molecule has 1 spiro atoms. The lowest BCUT2D eigenvalue weighted by Crippen LogP contribution is -2.55. The first-order chi connectivity index (χ1) is 19.8. The summed E-state index contributed by atoms with van der Waals surface area (Å²) >= 11 is 0. The van der Waals surface area contributed by atoms with Crippen molar-refractivity contribution in [2.45, 2.75) is 75.8 Å². The largest absolute Gasteiger partial charge is 0.462 e. The molecular formula is C32H39FN6O2. The number of hydrogen-bond donors (Lipinski definition) is 0. The molecule has 1 unspecified atom stereocenters. The highest BCUT2D eigenvalue weighted by Crippen LogP contribution is 2.49. The fourth-order valence-corrected chi connectivity index (χ4v) is 7.51. The maximum atomic E-state index is 13.8. The van der Waals surface area contributed by atoms with Crippen LogP contribution in [0.3, 0.4) is 0 Å². The van der Waals surface area contributed by atoms with Gasteiger partial charge in [0.05, 0.1) is 24.2 Å². The number of fused-ring (bicyclic) bond motifs is 3. The fraction of sp³-hybridized carbons (Fsp3) is 0.562. The summed E-state index contributed by atoms with van der Waals surface area (Å²) in [5, 5.41) is 9.49. The summed E-state index contributed by atoms with van der Waals surface area (Å²) in [6, 6.07) is 9.34. The third-order valence-corrected chi connectivity index (χ3v) is 9.79. The molecule has 2 aliphatic heterocycles. The number of nitriles is 1. The molecule has 41 heavy (non-hydrogen) atoms. The van der Waals surface area contributed by atoms with Crippen molar-refractivity contribution in [1.82, 2.24) is 19.8 Å². The molecule has 2 aromatic rings. The lowest BCUT2D eigenvalue weighted by molar-refractivity contribution is -0.131. The van der Waals surface area contributed by atoms with E-state index >= 15 is 0 Å². The van der Waals surface area contributed by atoms with E-state index in [1.807, 2.05) is 0 Å². The summed E-state index contributed by atoms with van der Waals surface area (Å²) in [5.41, 5.74) is 6.45. The number of likely N-dealkylation sites (tertiary alicyclic amines) is 1. The predicted molar refractivity (Wildman–Crippen MR) is 155 cm³/mol. The monoisotopic (exact) mass is 558 g/mol. The molecule has 2 fully saturated rings. The van der Waals surface area contributed by atoms with Crippen LogP contribution in [0.2, 0.25) is 0 Å². The van der Waals surface area contributed by atoms with E-state index in [4.69, 9.17) is 14.7 Å². The Balaban J connectivity index is 1.33. The first-order valence-electron chi connectivity index (χ1n) is 14.9. The van der Waals surface area contributed by atoms with Crippen molar-refractivity contribution in [3.05, 3.63) is 58.6 Å². The first-order valence-corrected chi connectivity index (χ1v) is 14.9. The standard InChI is InChI=1S/C32H39FN6O2/c1-21-6-7-27-23(17-21)8-11-32(27)12-9-26-28(18-32)35-31(41-20-25-5-4-14-37(25)3)36-29(26)38-15-16-39(30(40)22(2)33)24(19-38)10-13-34/h6-7,17,24-25H,2,4-5,8-12,14-16,18-20H2,1,3H3/t24-,25-,32?/m0/s1. The lowest BCUT2D eigenvalue weighted by atomic mass is 9.69. The van der Waals surface area contributed by atoms with E-state index in [0.29, 0.717) is 38.3 Å². The maximum absolute atomic E-state index is 13.8. The molecule has 3 atom stereocenters. The molecule has 8 nitrogen and oxygen atoms in total. The first kappa shape index (κ1) is 27.6. The molecular weight excluding hydrogens is 519 g/mol. The number of aryl methyl sites for hydroxylation is 2. The van der Waals surface area contributed by atoms with Crippen LogP contribution in [0.15, 0.2) is 30.6 Å². The Bertz CT molecular complexity index is 1410. The van der Waals surface area contributed by atoms with E-state index in [9.17, 15) is 14.4 Å². The Kier molecular flexibility index (Phi) is 7.45. The number of carbonyl (C=O) groups is 1. The van der Waals surface area contributed by atoms with Gasteiger partial charge in [0, 0.05) is 36.7 Å². The van der Waals surface area contributed by atoms with Gasteiger partial charge in [-0.3, -0.25) is 4.79 Å². The summed E-state index contributed by atoms with van der Waals surface area (Å²) in [5.74, 6) is -0.905. The van der Waals surface area contributed by atoms with Crippen molar-refractivity contribution >= 4 is 11.7 Å². The van der Waals surface area contributed by atoms with E-state index in [-0.39, 0.29) is 11.8 Å². The molecule has 1 aromatic heterocycles. The number of benzene rings is 1. The zero-order chi connectivity index (χ0) is 28.7. The van der Waals surface area contributed by atoms with Gasteiger partial charge in [0.1, 0.15) is 12.4 Å². The second kappa shape index (κ2) is 11.1. The number of hydrogen-bond acceptors (Lipinski definition) is 7. The highest BCUT2D eigenvalue weighted by Gasteiger charge is 2.43. The minimum Gasteiger partial charge on any atom is -0.462 e. The van der Waals surface area contributed by atoms with Gasteiger partial charge in [-0.15, -0.1) is 0 Å². The Hall–Kier alpha value is -3.51. The predicted octanol–water partition coefficient (Wildman–Crippen LogP) is 4.05. The molecule has 0 saturated carbocycles. The zero-order valence-corrected chi connectivity index (χ0v) is 24.2. The van der Waals surface area contributed by atoms with Crippen LogP contribution in [0.4, 0.5) is 10.2 Å². The summed E-state index contributed by atoms with van der Waals surface area (Å²) in [6.45, 7) is 8.14. The topological polar surface area (TPSA) is 85.6 Å². The molecule has 216 valence electrons. The molecule has 1 aromatic carbocycles. The van der Waals surface area contributed by atoms with Crippen LogP contribution < -0.4 is 9.64 Å². The van der Waals surface area contributed by atoms with Crippen molar-refractivity contribution in [3.63, 3.8) is 0 Å². The summed E-state index contributed by atoms with van der Waals surface area (Å²) in [6.07, 6.45) is 7.30. The Morgan fingerprint density at radius 1 is 1.22 bits per heavy atom. The summed E-state index contributed by atoms with van der Waals surface area (Å²) in [7, 11) is 2.13. The smallest absolute Gasteiger partial charge is 0.318 e. The van der Waals surface area contributed by atoms with Crippen molar-refractivity contribution in [2.75, 3.05) is 44.7 Å². The molecule has 0 bridgehead atoms. The number of rotatable bonds is 6. The minimum absolute atomic E-state index is 0.0700. The second-order valence-electron chi connectivity index (χ2n) is 12.3. The van der Waals surface area contributed by atoms with Crippen LogP contribution in [0, 0.1) is 18.3 Å². The second-order valence-corrected chi connectivity index (χ2v) is 12.3. The average molecular weight is 559 g/mol. The number of carbonyl (C=O) groups excluding carboxylic acids is 1. The molecule has 2 aliphatic carbocycles. The van der Waals surface area contributed by atoms with Crippen molar-refractivity contribution in [1.29, 1.82) is 5.26 Å². The number of nitrogens with zero attached hydrogens (tertiary/aromatic N) is 6. The maximum Gasteiger partial charge on any atom is 0.318 e. The number of anilines is 1. The third-order valence-electron chi connectivity index (χ3n) is 9.79. The van der Waals surface area contributed by atoms with Crippen LogP contribution in [-0.2, 0) is 29.5 Å². The van der Waals surface area contributed by atoms with Gasteiger partial charge in [-0.2, -0.15) is 15.2 Å². The SMILES string of the molecule is C=C(F)C(=O)N1CCN(c2nc(OC[C@@H]3CCCN3C)nc3c2CCC2(CCc4cc(C)ccc42)C3)C[C@@H]1CC#N. The molecule has 2 saturated heterocycles. The Morgan fingerprint density at radius 3 is 2.80 bits per heavy atom. The summed E-state index contributed by atoms with van der Waals surface area (Å²) < 4.78 is 20.1. The van der Waals surface area contributed by atoms with Gasteiger partial charge in [0.15, 0.2) is 5.83 Å². The van der Waals surface area contributed by atoms with E-state index in [1.165, 1.54) is 21.6 Å². The quantitative estimate of drug-likeness (QED) is 0.495. The lowest BCUT2D eigenvalue weighted by Gasteiger charge is -2.42. The number of ether oxygens (including phenoxy) is 1. The van der Waals surface area contributed by atoms with E-state index < -0.39 is 17.8 Å². The van der Waals surface area contributed by atoms with E-state index in [1.54, 1.807) is 0 Å². The third kappa shape index (κ3) is 5.19. The molecule has 9 heteroatoms. The van der Waals surface area contributed by atoms with Gasteiger partial charge >= 0.3 is 6.01 Å². The van der Waals surface area contributed by atoms with Crippen LogP contribution >= 0.6 is 0 Å². The number of halogens is 1. The molecule has 0 N–H and O–H groups in total. The van der Waals surface area contributed by atoms with Gasteiger partial charge in [0.2, 0.25) is 0 Å². The van der Waals surface area contributed by atoms with Gasteiger partial charge in [-0.05, 0) is 76.6 Å². The normalized spacial score (nSPS) is 25.6. The van der Waals surface area contributed by atoms with Crippen molar-refractivity contribution in [3.8, 4) is 12.1 Å². The Labute approximate surface area is 241 Å². The van der Waals surface area contributed by atoms with Gasteiger partial charge in [-0.25, -0.2) is 4.39 Å². The number of piperazine rings is 1. The Morgan fingerprint density at radius 2 is 2.05 bits per heavy atom. The van der Waals surface area contributed by atoms with Crippen LogP contribution in [-0.4, -0.2) is 77.6 Å². The van der Waals surface area contributed by atoms with Crippen molar-refractivity contribution < 1.29 is 13.9 Å². The highest BCUT2D eigenvalue weighted by molar-refractivity contribution is 5.91. The van der Waals surface area contributed by atoms with E-state index in [2.05, 4.69) is 54.6 Å². The fourth-order valence-electron chi connectivity index (χ4n) is 7.51. The zero-order valence-electron chi connectivity index (χ0n) is 24.2. The van der Waals surface area contributed by atoms with Gasteiger partial charge < -0.3 is 19.4 Å². The molecule has 1 amide bonds. The number of aromatic nitrogens is 2. The average Bonchev–Trinajstić information content (AvgIpc) is 3.53. The summed E-state index contributed by atoms with van der Waals surface area (Å²) in [4.78, 5) is 28.4. The number of amides is 1. The molecule has 3 heterocycles. The van der Waals surface area contributed by atoms with Crippen LogP contribution in [0.1, 0.15) is 60.1 Å². The van der Waals surface area contributed by atoms with Crippen LogP contribution in [0.5, 0.6) is 6.01 Å². The molecule has 6 rings (SSSR count). The highest BCUT2D eigenvalue weighted by atomic mass is 19.1. The van der Waals surface area contributed by atoms with E-state index in [0.717, 1.165) is 68.6 Å². The molecule has 4 aliphatic rings. The van der Waals surface area contributed by atoms with Gasteiger partial charge in [0.25, 0.3) is 5.91 Å².